The molecule has 0 aliphatic carbocycles. The number of carbonyl (C=O) groups is 2. The Labute approximate surface area is 313 Å². The van der Waals surface area contributed by atoms with Crippen molar-refractivity contribution in [2.45, 2.75) is 75.3 Å². The first-order chi connectivity index (χ1) is 24.7. The molecule has 2 heterocycles. The van der Waals surface area contributed by atoms with Crippen molar-refractivity contribution in [3.63, 3.8) is 0 Å². The van der Waals surface area contributed by atoms with Gasteiger partial charge in [0.2, 0.25) is 0 Å². The zero-order valence-electron chi connectivity index (χ0n) is 30.9. The summed E-state index contributed by atoms with van der Waals surface area (Å²) in [6.07, 6.45) is 4.34. The number of hydrogen-bond donors (Lipinski definition) is 4. The molecule has 0 saturated carbocycles. The van der Waals surface area contributed by atoms with Gasteiger partial charge < -0.3 is 31.6 Å². The molecule has 52 heavy (non-hydrogen) atoms. The zero-order chi connectivity index (χ0) is 39.2. The Kier molecular flexibility index (Phi) is 17.7. The Balaban J connectivity index is 0.000000344. The van der Waals surface area contributed by atoms with Gasteiger partial charge in [-0.1, -0.05) is 27.7 Å². The number of likely N-dealkylation sites (N-methyl/N-ethyl adjacent to an activating group) is 2. The fourth-order valence-electron chi connectivity index (χ4n) is 6.39. The Hall–Kier alpha value is -3.58. The maximum absolute atomic E-state index is 12.6. The molecule has 0 bridgehead atoms. The van der Waals surface area contributed by atoms with E-state index in [9.17, 15) is 26.4 Å². The number of nitrogen functional groups attached to an aromatic ring is 2. The molecule has 0 spiro atoms. The minimum Gasteiger partial charge on any atom is -0.496 e. The lowest BCUT2D eigenvalue weighted by Gasteiger charge is -2.23. The van der Waals surface area contributed by atoms with Crippen LogP contribution >= 0.6 is 0 Å². The summed E-state index contributed by atoms with van der Waals surface area (Å²) >= 11 is 2.83. The van der Waals surface area contributed by atoms with E-state index in [0.717, 1.165) is 51.9 Å². The van der Waals surface area contributed by atoms with E-state index in [1.807, 2.05) is 0 Å². The molecule has 2 fully saturated rings. The van der Waals surface area contributed by atoms with Crippen LogP contribution in [0.25, 0.3) is 0 Å². The number of benzene rings is 2. The van der Waals surface area contributed by atoms with Crippen LogP contribution in [-0.4, -0.2) is 120 Å². The SMILES string of the molecule is CCN1CCCC1CNC(=O)c1cc(S(=O)(=O)CC)c(N)cc1OC.CCN1CCCC1CNC(=O)c1cc(S(=O)(=O)CC)c(N)cc1OC.O=S. The number of rotatable bonds is 14. The summed E-state index contributed by atoms with van der Waals surface area (Å²) in [4.78, 5) is 29.8. The topological polar surface area (TPSA) is 221 Å². The van der Waals surface area contributed by atoms with Crippen LogP contribution in [0, 0.1) is 0 Å². The molecule has 4 rings (SSSR count). The van der Waals surface area contributed by atoms with Crippen LogP contribution in [0.3, 0.4) is 0 Å². The van der Waals surface area contributed by atoms with Gasteiger partial charge in [0.25, 0.3) is 11.8 Å². The maximum atomic E-state index is 12.6. The molecule has 2 aromatic carbocycles. The highest BCUT2D eigenvalue weighted by Gasteiger charge is 2.27. The molecule has 18 heteroatoms. The third-order valence-electron chi connectivity index (χ3n) is 9.39. The third-order valence-corrected chi connectivity index (χ3v) is 13.0. The van der Waals surface area contributed by atoms with Gasteiger partial charge in [-0.3, -0.25) is 19.4 Å². The van der Waals surface area contributed by atoms with E-state index in [2.05, 4.69) is 46.8 Å². The van der Waals surface area contributed by atoms with Crippen molar-refractivity contribution < 1.29 is 40.1 Å². The lowest BCUT2D eigenvalue weighted by molar-refractivity contribution is 0.0930. The Morgan fingerprint density at radius 1 is 0.712 bits per heavy atom. The van der Waals surface area contributed by atoms with Gasteiger partial charge in [-0.2, -0.15) is 4.21 Å². The number of nitrogens with one attached hydrogen (secondary N) is 2. The van der Waals surface area contributed by atoms with Gasteiger partial charge in [-0.05, 0) is 64.0 Å². The van der Waals surface area contributed by atoms with Crippen LogP contribution in [-0.2, 0) is 32.2 Å². The molecular weight excluding hydrogens is 733 g/mol. The fourth-order valence-corrected chi connectivity index (χ4v) is 8.44. The largest absolute Gasteiger partial charge is 0.496 e. The lowest BCUT2D eigenvalue weighted by atomic mass is 10.1. The average Bonchev–Trinajstić information content (AvgIpc) is 3.82. The van der Waals surface area contributed by atoms with Gasteiger partial charge in [0.15, 0.2) is 32.2 Å². The normalized spacial score (nSPS) is 17.7. The van der Waals surface area contributed by atoms with Crippen molar-refractivity contribution >= 4 is 55.4 Å². The third kappa shape index (κ3) is 11.2. The Bertz CT molecular complexity index is 1620. The first-order valence-corrected chi connectivity index (χ1v) is 20.9. The number of nitrogens with zero attached hydrogens (tertiary/aromatic N) is 2. The molecule has 2 saturated heterocycles. The lowest BCUT2D eigenvalue weighted by Crippen LogP contribution is -2.40. The first-order valence-electron chi connectivity index (χ1n) is 17.3. The summed E-state index contributed by atoms with van der Waals surface area (Å²) in [6, 6.07) is 6.04. The standard InChI is InChI=1S/2C17H27N3O4S.OS/c2*1-4-20-8-6-7-12(20)11-19-17(21)13-9-16(25(22,23)5-2)14(18)10-15(13)24-3;1-2/h2*9-10,12H,4-8,11,18H2,1-3H3,(H,19,21);. The second kappa shape index (κ2) is 20.6. The predicted molar refractivity (Wildman–Crippen MR) is 204 cm³/mol. The molecule has 0 aromatic heterocycles. The number of anilines is 2. The van der Waals surface area contributed by atoms with Crippen molar-refractivity contribution in [1.29, 1.82) is 0 Å². The first kappa shape index (κ1) is 44.6. The molecule has 2 unspecified atom stereocenters. The Morgan fingerprint density at radius 3 is 1.35 bits per heavy atom. The van der Waals surface area contributed by atoms with E-state index in [4.69, 9.17) is 25.1 Å². The van der Waals surface area contributed by atoms with Crippen LogP contribution in [0.5, 0.6) is 11.5 Å². The smallest absolute Gasteiger partial charge is 0.255 e. The Morgan fingerprint density at radius 2 is 1.06 bits per heavy atom. The monoisotopic (exact) mass is 786 g/mol. The number of sulfone groups is 2. The van der Waals surface area contributed by atoms with Crippen LogP contribution in [0.2, 0.25) is 0 Å². The van der Waals surface area contributed by atoms with Crippen molar-refractivity contribution in [1.82, 2.24) is 20.4 Å². The van der Waals surface area contributed by atoms with Crippen molar-refractivity contribution in [3.8, 4) is 11.5 Å². The van der Waals surface area contributed by atoms with E-state index in [-0.39, 0.29) is 67.1 Å². The number of hydrogen-bond acceptors (Lipinski definition) is 14. The molecule has 6 N–H and O–H groups in total. The number of carbonyl (C=O) groups excluding carboxylic acids is 2. The van der Waals surface area contributed by atoms with E-state index in [1.54, 1.807) is 0 Å². The number of likely N-dealkylation sites (tertiary alicyclic amines) is 2. The molecule has 2 aliphatic rings. The minimum absolute atomic E-state index is 0.0306. The van der Waals surface area contributed by atoms with E-state index in [1.165, 1.54) is 52.3 Å². The molecule has 2 aliphatic heterocycles. The minimum atomic E-state index is -3.52. The second-order valence-electron chi connectivity index (χ2n) is 12.3. The number of methoxy groups -OCH3 is 2. The molecule has 2 amide bonds. The van der Waals surface area contributed by atoms with Crippen molar-refractivity contribution in [2.24, 2.45) is 0 Å². The number of ether oxygens (including phenoxy) is 2. The average molecular weight is 787 g/mol. The molecule has 292 valence electrons. The quantitative estimate of drug-likeness (QED) is 0.202. The summed E-state index contributed by atoms with van der Waals surface area (Å²) in [5, 5.41) is 5.80. The molecule has 0 radical (unpaired) electrons. The molecular formula is C34H54N6O9S3. The number of amides is 2. The van der Waals surface area contributed by atoms with Crippen LogP contribution in [0.15, 0.2) is 34.1 Å². The van der Waals surface area contributed by atoms with E-state index < -0.39 is 19.7 Å². The predicted octanol–water partition coefficient (Wildman–Crippen LogP) is 2.23. The highest BCUT2D eigenvalue weighted by Crippen LogP contribution is 2.31. The highest BCUT2D eigenvalue weighted by molar-refractivity contribution is 7.91. The van der Waals surface area contributed by atoms with Crippen molar-refractivity contribution in [3.05, 3.63) is 35.4 Å². The van der Waals surface area contributed by atoms with Crippen LogP contribution < -0.4 is 31.6 Å². The zero-order valence-corrected chi connectivity index (χ0v) is 33.3. The van der Waals surface area contributed by atoms with E-state index >= 15 is 0 Å². The summed E-state index contributed by atoms with van der Waals surface area (Å²) in [6.45, 7) is 12.3. The summed E-state index contributed by atoms with van der Waals surface area (Å²) < 4.78 is 67.0. The van der Waals surface area contributed by atoms with Crippen LogP contribution in [0.1, 0.15) is 74.1 Å². The summed E-state index contributed by atoms with van der Waals surface area (Å²) in [5.74, 6) is -0.344. The molecule has 2 aromatic rings. The second-order valence-corrected chi connectivity index (χ2v) is 16.8. The van der Waals surface area contributed by atoms with Gasteiger partial charge in [-0.25, -0.2) is 16.8 Å². The summed E-state index contributed by atoms with van der Waals surface area (Å²) in [7, 11) is -4.19. The van der Waals surface area contributed by atoms with Crippen LogP contribution in [0.4, 0.5) is 11.4 Å². The molecule has 2 atom stereocenters. The van der Waals surface area contributed by atoms with E-state index in [0.29, 0.717) is 25.2 Å². The van der Waals surface area contributed by atoms with Crippen molar-refractivity contribution in [2.75, 3.05) is 76.5 Å². The fraction of sp³-hybridized carbons (Fsp3) is 0.588. The van der Waals surface area contributed by atoms with Gasteiger partial charge in [0.1, 0.15) is 11.5 Å². The maximum Gasteiger partial charge on any atom is 0.255 e. The van der Waals surface area contributed by atoms with Gasteiger partial charge in [-0.15, -0.1) is 0 Å². The number of nitrogens with two attached hydrogens (primary N) is 2. The summed E-state index contributed by atoms with van der Waals surface area (Å²) in [5.41, 5.74) is 12.2. The highest BCUT2D eigenvalue weighted by atomic mass is 32.2. The van der Waals surface area contributed by atoms with Gasteiger partial charge in [0, 0.05) is 37.3 Å². The van der Waals surface area contributed by atoms with Gasteiger partial charge in [0.05, 0.1) is 58.0 Å². The molecule has 15 nitrogen and oxygen atoms in total. The van der Waals surface area contributed by atoms with Gasteiger partial charge >= 0.3 is 0 Å².